The molecule has 0 unspecified atom stereocenters. The smallest absolute Gasteiger partial charge is 0.433 e. The van der Waals surface area contributed by atoms with Crippen LogP contribution in [0.3, 0.4) is 0 Å². The van der Waals surface area contributed by atoms with Gasteiger partial charge in [-0.2, -0.15) is 13.2 Å². The van der Waals surface area contributed by atoms with E-state index in [-0.39, 0.29) is 10.6 Å². The van der Waals surface area contributed by atoms with Crippen molar-refractivity contribution in [1.82, 2.24) is 4.98 Å². The Morgan fingerprint density at radius 1 is 1.32 bits per heavy atom. The first kappa shape index (κ1) is 13.9. The standard InChI is InChI=1S/C11H6F3NO2S2/c12-11(13,14)7-4-3-6(10(16)17)9(15-7)19-8-2-1-5-18-8/h1-5H,(H,16,17). The molecule has 0 aliphatic carbocycles. The van der Waals surface area contributed by atoms with E-state index in [1.54, 1.807) is 17.5 Å². The van der Waals surface area contributed by atoms with E-state index in [4.69, 9.17) is 5.11 Å². The van der Waals surface area contributed by atoms with Gasteiger partial charge in [-0.15, -0.1) is 11.3 Å². The van der Waals surface area contributed by atoms with Crippen LogP contribution in [0.2, 0.25) is 0 Å². The SMILES string of the molecule is O=C(O)c1ccc(C(F)(F)F)nc1Sc1cccs1. The second-order valence-corrected chi connectivity index (χ2v) is 5.62. The van der Waals surface area contributed by atoms with E-state index in [1.165, 1.54) is 11.3 Å². The van der Waals surface area contributed by atoms with Crippen LogP contribution in [0.1, 0.15) is 16.1 Å². The van der Waals surface area contributed by atoms with Crippen molar-refractivity contribution < 1.29 is 23.1 Å². The van der Waals surface area contributed by atoms with Gasteiger partial charge in [-0.05, 0) is 23.6 Å². The van der Waals surface area contributed by atoms with E-state index in [2.05, 4.69) is 4.98 Å². The highest BCUT2D eigenvalue weighted by molar-refractivity contribution is 8.01. The molecule has 3 nitrogen and oxygen atoms in total. The van der Waals surface area contributed by atoms with Gasteiger partial charge in [-0.3, -0.25) is 0 Å². The van der Waals surface area contributed by atoms with E-state index in [0.29, 0.717) is 10.3 Å². The Labute approximate surface area is 114 Å². The van der Waals surface area contributed by atoms with E-state index in [1.807, 2.05) is 0 Å². The van der Waals surface area contributed by atoms with Gasteiger partial charge < -0.3 is 5.11 Å². The Morgan fingerprint density at radius 2 is 2.05 bits per heavy atom. The Balaban J connectivity index is 2.45. The molecule has 0 saturated carbocycles. The van der Waals surface area contributed by atoms with Crippen LogP contribution < -0.4 is 0 Å². The fraction of sp³-hybridized carbons (Fsp3) is 0.0909. The number of alkyl halides is 3. The molecule has 0 spiro atoms. The summed E-state index contributed by atoms with van der Waals surface area (Å²) >= 11 is 2.21. The lowest BCUT2D eigenvalue weighted by atomic mass is 10.2. The zero-order chi connectivity index (χ0) is 14.0. The Kier molecular flexibility index (Phi) is 3.81. The van der Waals surface area contributed by atoms with Gasteiger partial charge in [0.1, 0.15) is 10.7 Å². The molecule has 2 aromatic heterocycles. The van der Waals surface area contributed by atoms with Crippen LogP contribution in [-0.2, 0) is 6.18 Å². The second-order valence-electron chi connectivity index (χ2n) is 3.39. The number of rotatable bonds is 3. The van der Waals surface area contributed by atoms with Crippen molar-refractivity contribution in [3.8, 4) is 0 Å². The van der Waals surface area contributed by atoms with Crippen molar-refractivity contribution in [2.24, 2.45) is 0 Å². The van der Waals surface area contributed by atoms with Crippen molar-refractivity contribution in [3.63, 3.8) is 0 Å². The second kappa shape index (κ2) is 5.22. The maximum atomic E-state index is 12.6. The van der Waals surface area contributed by atoms with Crippen molar-refractivity contribution in [1.29, 1.82) is 0 Å². The maximum Gasteiger partial charge on any atom is 0.433 e. The first-order chi connectivity index (χ1) is 8.88. The molecule has 19 heavy (non-hydrogen) atoms. The lowest BCUT2D eigenvalue weighted by Gasteiger charge is -2.09. The molecule has 8 heteroatoms. The van der Waals surface area contributed by atoms with Crippen LogP contribution in [0.5, 0.6) is 0 Å². The Morgan fingerprint density at radius 3 is 2.58 bits per heavy atom. The molecular formula is C11H6F3NO2S2. The van der Waals surface area contributed by atoms with E-state index in [9.17, 15) is 18.0 Å². The summed E-state index contributed by atoms with van der Waals surface area (Å²) in [6.07, 6.45) is -4.60. The van der Waals surface area contributed by atoms with Gasteiger partial charge in [0.15, 0.2) is 0 Å². The van der Waals surface area contributed by atoms with Crippen LogP contribution in [0, 0.1) is 0 Å². The zero-order valence-electron chi connectivity index (χ0n) is 9.14. The van der Waals surface area contributed by atoms with Crippen molar-refractivity contribution >= 4 is 29.1 Å². The van der Waals surface area contributed by atoms with E-state index < -0.39 is 17.8 Å². The summed E-state index contributed by atoms with van der Waals surface area (Å²) in [6.45, 7) is 0. The number of pyridine rings is 1. The number of carbonyl (C=O) groups is 1. The number of nitrogens with zero attached hydrogens (tertiary/aromatic N) is 1. The molecule has 2 aromatic rings. The minimum absolute atomic E-state index is 0.162. The minimum atomic E-state index is -4.60. The number of halogens is 3. The number of carboxylic acid groups (broad SMARTS) is 1. The van der Waals surface area contributed by atoms with Crippen LogP contribution in [0.15, 0.2) is 38.9 Å². The minimum Gasteiger partial charge on any atom is -0.478 e. The van der Waals surface area contributed by atoms with Crippen molar-refractivity contribution in [2.75, 3.05) is 0 Å². The first-order valence-corrected chi connectivity index (χ1v) is 6.60. The average molecular weight is 305 g/mol. The zero-order valence-corrected chi connectivity index (χ0v) is 10.8. The Bertz CT molecular complexity index is 596. The highest BCUT2D eigenvalue weighted by Gasteiger charge is 2.33. The molecule has 0 radical (unpaired) electrons. The van der Waals surface area contributed by atoms with E-state index in [0.717, 1.165) is 17.8 Å². The number of thiophene rings is 1. The van der Waals surface area contributed by atoms with Gasteiger partial charge >= 0.3 is 12.1 Å². The molecule has 0 atom stereocenters. The number of aromatic carboxylic acids is 1. The number of hydrogen-bond acceptors (Lipinski definition) is 4. The predicted octanol–water partition coefficient (Wildman–Crippen LogP) is 4.01. The molecule has 2 rings (SSSR count). The fourth-order valence-corrected chi connectivity index (χ4v) is 3.05. The molecular weight excluding hydrogens is 299 g/mol. The quantitative estimate of drug-likeness (QED) is 0.931. The molecule has 0 fully saturated rings. The van der Waals surface area contributed by atoms with Crippen LogP contribution in [-0.4, -0.2) is 16.1 Å². The highest BCUT2D eigenvalue weighted by Crippen LogP contribution is 2.35. The molecule has 1 N–H and O–H groups in total. The highest BCUT2D eigenvalue weighted by atomic mass is 32.2. The van der Waals surface area contributed by atoms with Gasteiger partial charge in [-0.25, -0.2) is 9.78 Å². The van der Waals surface area contributed by atoms with Crippen LogP contribution >= 0.6 is 23.1 Å². The first-order valence-electron chi connectivity index (χ1n) is 4.91. The van der Waals surface area contributed by atoms with Gasteiger partial charge in [0, 0.05) is 0 Å². The summed E-state index contributed by atoms with van der Waals surface area (Å²) in [4.78, 5) is 14.4. The Hall–Kier alpha value is -1.54. The normalized spacial score (nSPS) is 11.5. The summed E-state index contributed by atoms with van der Waals surface area (Å²) in [5.41, 5.74) is -1.34. The fourth-order valence-electron chi connectivity index (χ4n) is 1.26. The topological polar surface area (TPSA) is 50.2 Å². The van der Waals surface area contributed by atoms with Crippen molar-refractivity contribution in [2.45, 2.75) is 15.4 Å². The third-order valence-corrected chi connectivity index (χ3v) is 4.12. The third kappa shape index (κ3) is 3.27. The summed E-state index contributed by atoms with van der Waals surface area (Å²) in [6, 6.07) is 5.00. The predicted molar refractivity (Wildman–Crippen MR) is 64.6 cm³/mol. The molecule has 0 saturated heterocycles. The molecule has 0 amide bonds. The molecule has 0 aromatic carbocycles. The molecule has 0 aliphatic heterocycles. The summed E-state index contributed by atoms with van der Waals surface area (Å²) in [5, 5.41) is 10.5. The average Bonchev–Trinajstić information content (AvgIpc) is 2.80. The van der Waals surface area contributed by atoms with Gasteiger partial charge in [0.25, 0.3) is 0 Å². The number of aromatic nitrogens is 1. The van der Waals surface area contributed by atoms with E-state index >= 15 is 0 Å². The summed E-state index contributed by atoms with van der Waals surface area (Å²) in [5.74, 6) is -1.31. The number of carboxylic acids is 1. The lowest BCUT2D eigenvalue weighted by molar-refractivity contribution is -0.141. The lowest BCUT2D eigenvalue weighted by Crippen LogP contribution is -2.11. The maximum absolute atomic E-state index is 12.6. The molecule has 0 aliphatic rings. The third-order valence-electron chi connectivity index (χ3n) is 2.07. The van der Waals surface area contributed by atoms with Gasteiger partial charge in [0.2, 0.25) is 0 Å². The molecule has 2 heterocycles. The number of hydrogen-bond donors (Lipinski definition) is 1. The van der Waals surface area contributed by atoms with Gasteiger partial charge in [-0.1, -0.05) is 17.8 Å². The van der Waals surface area contributed by atoms with Crippen LogP contribution in [0.4, 0.5) is 13.2 Å². The monoisotopic (exact) mass is 305 g/mol. The van der Waals surface area contributed by atoms with Gasteiger partial charge in [0.05, 0.1) is 9.77 Å². The summed E-state index contributed by atoms with van der Waals surface area (Å²) in [7, 11) is 0. The largest absolute Gasteiger partial charge is 0.478 e. The molecule has 0 bridgehead atoms. The van der Waals surface area contributed by atoms with Crippen molar-refractivity contribution in [3.05, 3.63) is 40.9 Å². The van der Waals surface area contributed by atoms with Crippen LogP contribution in [0.25, 0.3) is 0 Å². The summed E-state index contributed by atoms with van der Waals surface area (Å²) < 4.78 is 38.4. The molecule has 100 valence electrons.